The predicted octanol–water partition coefficient (Wildman–Crippen LogP) is 2.29. The van der Waals surface area contributed by atoms with Crippen molar-refractivity contribution in [2.24, 2.45) is 0 Å². The molecule has 3 nitrogen and oxygen atoms in total. The van der Waals surface area contributed by atoms with Gasteiger partial charge in [0.1, 0.15) is 5.75 Å². The molecule has 4 heteroatoms. The van der Waals surface area contributed by atoms with E-state index < -0.39 is 0 Å². The van der Waals surface area contributed by atoms with Crippen LogP contribution < -0.4 is 5.32 Å². The van der Waals surface area contributed by atoms with Crippen molar-refractivity contribution < 1.29 is 9.90 Å². The van der Waals surface area contributed by atoms with Crippen molar-refractivity contribution >= 4 is 21.8 Å². The first-order chi connectivity index (χ1) is 6.65. The van der Waals surface area contributed by atoms with E-state index in [1.807, 2.05) is 6.92 Å². The maximum atomic E-state index is 11.4. The average molecular weight is 258 g/mol. The van der Waals surface area contributed by atoms with Crippen molar-refractivity contribution in [3.8, 4) is 5.75 Å². The van der Waals surface area contributed by atoms with E-state index in [-0.39, 0.29) is 11.7 Å². The molecule has 14 heavy (non-hydrogen) atoms. The molecule has 0 aliphatic carbocycles. The van der Waals surface area contributed by atoms with Crippen LogP contribution in [0.2, 0.25) is 0 Å². The lowest BCUT2D eigenvalue weighted by Gasteiger charge is -2.04. The Morgan fingerprint density at radius 1 is 1.57 bits per heavy atom. The van der Waals surface area contributed by atoms with E-state index in [0.717, 1.165) is 6.42 Å². The summed E-state index contributed by atoms with van der Waals surface area (Å²) < 4.78 is 0.588. The van der Waals surface area contributed by atoms with Gasteiger partial charge in [0, 0.05) is 12.1 Å². The van der Waals surface area contributed by atoms with Gasteiger partial charge in [0.05, 0.1) is 4.47 Å². The quantitative estimate of drug-likeness (QED) is 0.873. The molecule has 1 amide bonds. The van der Waals surface area contributed by atoms with Gasteiger partial charge >= 0.3 is 0 Å². The van der Waals surface area contributed by atoms with E-state index >= 15 is 0 Å². The number of hydrogen-bond donors (Lipinski definition) is 2. The predicted molar refractivity (Wildman–Crippen MR) is 58.4 cm³/mol. The first kappa shape index (κ1) is 11.0. The van der Waals surface area contributed by atoms with Crippen molar-refractivity contribution in [3.63, 3.8) is 0 Å². The van der Waals surface area contributed by atoms with E-state index in [0.29, 0.717) is 16.6 Å². The summed E-state index contributed by atoms with van der Waals surface area (Å²) in [6, 6.07) is 4.75. The maximum absolute atomic E-state index is 11.4. The molecule has 0 aromatic heterocycles. The highest BCUT2D eigenvalue weighted by atomic mass is 79.9. The van der Waals surface area contributed by atoms with Gasteiger partial charge in [-0.3, -0.25) is 4.79 Å². The summed E-state index contributed by atoms with van der Waals surface area (Å²) in [5.74, 6) is -0.0798. The number of hydrogen-bond acceptors (Lipinski definition) is 2. The highest BCUT2D eigenvalue weighted by Gasteiger charge is 2.06. The highest BCUT2D eigenvalue weighted by molar-refractivity contribution is 9.10. The van der Waals surface area contributed by atoms with Crippen LogP contribution in [0, 0.1) is 0 Å². The van der Waals surface area contributed by atoms with Crippen LogP contribution in [-0.2, 0) is 0 Å². The molecule has 0 aliphatic rings. The van der Waals surface area contributed by atoms with Crippen molar-refractivity contribution in [2.45, 2.75) is 13.3 Å². The fourth-order valence-electron chi connectivity index (χ4n) is 0.995. The highest BCUT2D eigenvalue weighted by Crippen LogP contribution is 2.24. The third-order valence-electron chi connectivity index (χ3n) is 1.74. The van der Waals surface area contributed by atoms with Gasteiger partial charge in [-0.05, 0) is 40.5 Å². The Bertz CT molecular complexity index is 339. The Morgan fingerprint density at radius 3 is 2.86 bits per heavy atom. The zero-order valence-corrected chi connectivity index (χ0v) is 9.47. The van der Waals surface area contributed by atoms with Gasteiger partial charge in [-0.15, -0.1) is 0 Å². The SMILES string of the molecule is CCCNC(=O)c1ccc(Br)c(O)c1. The molecule has 0 unspecified atom stereocenters. The lowest BCUT2D eigenvalue weighted by molar-refractivity contribution is 0.0953. The smallest absolute Gasteiger partial charge is 0.251 e. The summed E-state index contributed by atoms with van der Waals surface area (Å²) >= 11 is 3.15. The van der Waals surface area contributed by atoms with E-state index in [9.17, 15) is 9.90 Å². The second-order valence-electron chi connectivity index (χ2n) is 2.92. The minimum atomic E-state index is -0.158. The number of carbonyl (C=O) groups excluding carboxylic acids is 1. The fourth-order valence-corrected chi connectivity index (χ4v) is 1.24. The summed E-state index contributed by atoms with van der Waals surface area (Å²) in [7, 11) is 0. The van der Waals surface area contributed by atoms with Crippen LogP contribution in [0.5, 0.6) is 5.75 Å². The van der Waals surface area contributed by atoms with E-state index in [1.165, 1.54) is 6.07 Å². The first-order valence-electron chi connectivity index (χ1n) is 4.42. The number of amides is 1. The average Bonchev–Trinajstić information content (AvgIpc) is 2.18. The second kappa shape index (κ2) is 5.00. The number of phenolic OH excluding ortho intramolecular Hbond substituents is 1. The summed E-state index contributed by atoms with van der Waals surface area (Å²) in [6.45, 7) is 2.63. The summed E-state index contributed by atoms with van der Waals surface area (Å²) in [6.07, 6.45) is 0.897. The second-order valence-corrected chi connectivity index (χ2v) is 3.78. The fraction of sp³-hybridized carbons (Fsp3) is 0.300. The molecule has 0 fully saturated rings. The van der Waals surface area contributed by atoms with Crippen LogP contribution in [0.25, 0.3) is 0 Å². The van der Waals surface area contributed by atoms with E-state index in [1.54, 1.807) is 12.1 Å². The Kier molecular flexibility index (Phi) is 3.95. The van der Waals surface area contributed by atoms with Crippen molar-refractivity contribution in [1.29, 1.82) is 0 Å². The van der Waals surface area contributed by atoms with Gasteiger partial charge in [0.25, 0.3) is 5.91 Å². The zero-order valence-electron chi connectivity index (χ0n) is 7.88. The van der Waals surface area contributed by atoms with Crippen LogP contribution in [0.4, 0.5) is 0 Å². The molecule has 76 valence electrons. The Hall–Kier alpha value is -1.03. The van der Waals surface area contributed by atoms with E-state index in [4.69, 9.17) is 0 Å². The van der Waals surface area contributed by atoms with E-state index in [2.05, 4.69) is 21.2 Å². The topological polar surface area (TPSA) is 49.3 Å². The minimum Gasteiger partial charge on any atom is -0.507 e. The monoisotopic (exact) mass is 257 g/mol. The molecule has 2 N–H and O–H groups in total. The van der Waals surface area contributed by atoms with Crippen LogP contribution in [0.1, 0.15) is 23.7 Å². The largest absolute Gasteiger partial charge is 0.507 e. The van der Waals surface area contributed by atoms with Crippen LogP contribution in [0.3, 0.4) is 0 Å². The number of aromatic hydroxyl groups is 1. The van der Waals surface area contributed by atoms with Crippen LogP contribution in [0.15, 0.2) is 22.7 Å². The zero-order chi connectivity index (χ0) is 10.6. The minimum absolute atomic E-state index is 0.0779. The molecule has 0 atom stereocenters. The third kappa shape index (κ3) is 2.73. The summed E-state index contributed by atoms with van der Waals surface area (Å²) in [5.41, 5.74) is 0.471. The van der Waals surface area contributed by atoms with Crippen molar-refractivity contribution in [2.75, 3.05) is 6.54 Å². The molecule has 0 saturated carbocycles. The molecular formula is C10H12BrNO2. The molecule has 0 bridgehead atoms. The molecule has 0 heterocycles. The molecule has 0 aliphatic heterocycles. The Balaban J connectivity index is 2.76. The molecule has 1 aromatic carbocycles. The number of phenols is 1. The van der Waals surface area contributed by atoms with Crippen LogP contribution >= 0.6 is 15.9 Å². The Labute approximate surface area is 91.3 Å². The van der Waals surface area contributed by atoms with Gasteiger partial charge in [0.15, 0.2) is 0 Å². The molecule has 0 spiro atoms. The molecular weight excluding hydrogens is 246 g/mol. The van der Waals surface area contributed by atoms with Gasteiger partial charge in [-0.25, -0.2) is 0 Å². The van der Waals surface area contributed by atoms with Gasteiger partial charge in [0.2, 0.25) is 0 Å². The van der Waals surface area contributed by atoms with Gasteiger partial charge in [-0.1, -0.05) is 6.92 Å². The van der Waals surface area contributed by atoms with Crippen molar-refractivity contribution in [3.05, 3.63) is 28.2 Å². The van der Waals surface area contributed by atoms with Crippen LogP contribution in [-0.4, -0.2) is 17.6 Å². The number of rotatable bonds is 3. The number of nitrogens with one attached hydrogen (secondary N) is 1. The molecule has 1 aromatic rings. The van der Waals surface area contributed by atoms with Crippen molar-refractivity contribution in [1.82, 2.24) is 5.32 Å². The summed E-state index contributed by atoms with van der Waals surface area (Å²) in [5, 5.41) is 12.1. The molecule has 1 rings (SSSR count). The molecule has 0 radical (unpaired) electrons. The maximum Gasteiger partial charge on any atom is 0.251 e. The lowest BCUT2D eigenvalue weighted by atomic mass is 10.2. The number of carbonyl (C=O) groups is 1. The first-order valence-corrected chi connectivity index (χ1v) is 5.21. The molecule has 0 saturated heterocycles. The number of halogens is 1. The number of benzene rings is 1. The Morgan fingerprint density at radius 2 is 2.29 bits per heavy atom. The van der Waals surface area contributed by atoms with Gasteiger partial charge in [-0.2, -0.15) is 0 Å². The third-order valence-corrected chi connectivity index (χ3v) is 2.41. The lowest BCUT2D eigenvalue weighted by Crippen LogP contribution is -2.23. The van der Waals surface area contributed by atoms with Gasteiger partial charge < -0.3 is 10.4 Å². The normalized spacial score (nSPS) is 9.86. The standard InChI is InChI=1S/C10H12BrNO2/c1-2-5-12-10(14)7-3-4-8(11)9(13)6-7/h3-4,6,13H,2,5H2,1H3,(H,12,14). The summed E-state index contributed by atoms with van der Waals surface area (Å²) in [4.78, 5) is 11.4.